The summed E-state index contributed by atoms with van der Waals surface area (Å²) in [7, 11) is 0. The molecule has 1 aliphatic rings. The minimum atomic E-state index is 0.200. The summed E-state index contributed by atoms with van der Waals surface area (Å²) < 4.78 is 0. The monoisotopic (exact) mass is 202 g/mol. The molecule has 1 aromatic carbocycles. The molecular formula is C13H18N2. The average molecular weight is 202 g/mol. The van der Waals surface area contributed by atoms with Crippen LogP contribution >= 0.6 is 0 Å². The zero-order valence-corrected chi connectivity index (χ0v) is 9.46. The first kappa shape index (κ1) is 10.4. The Morgan fingerprint density at radius 2 is 1.93 bits per heavy atom. The van der Waals surface area contributed by atoms with Crippen LogP contribution in [0, 0.1) is 0 Å². The summed E-state index contributed by atoms with van der Waals surface area (Å²) in [5.41, 5.74) is 2.58. The van der Waals surface area contributed by atoms with Gasteiger partial charge < -0.3 is 5.32 Å². The van der Waals surface area contributed by atoms with Crippen molar-refractivity contribution in [1.82, 2.24) is 5.32 Å². The van der Waals surface area contributed by atoms with Crippen molar-refractivity contribution in [2.45, 2.75) is 32.2 Å². The van der Waals surface area contributed by atoms with Crippen molar-refractivity contribution in [1.29, 1.82) is 0 Å². The van der Waals surface area contributed by atoms with E-state index in [1.54, 1.807) is 0 Å². The predicted molar refractivity (Wildman–Crippen MR) is 64.9 cm³/mol. The lowest BCUT2D eigenvalue weighted by Gasteiger charge is -2.32. The topological polar surface area (TPSA) is 24.4 Å². The van der Waals surface area contributed by atoms with Crippen LogP contribution in [0.2, 0.25) is 0 Å². The maximum atomic E-state index is 4.69. The van der Waals surface area contributed by atoms with Crippen molar-refractivity contribution >= 4 is 11.4 Å². The molecule has 1 aliphatic heterocycles. The summed E-state index contributed by atoms with van der Waals surface area (Å²) in [4.78, 5) is 4.69. The Kier molecular flexibility index (Phi) is 2.87. The molecule has 0 amide bonds. The largest absolute Gasteiger partial charge is 0.311 e. The van der Waals surface area contributed by atoms with Gasteiger partial charge in [0.1, 0.15) is 0 Å². The fourth-order valence-electron chi connectivity index (χ4n) is 1.99. The number of rotatable bonds is 1. The van der Waals surface area contributed by atoms with Gasteiger partial charge in [0, 0.05) is 24.2 Å². The highest BCUT2D eigenvalue weighted by molar-refractivity contribution is 5.88. The van der Waals surface area contributed by atoms with Gasteiger partial charge in [-0.25, -0.2) is 0 Å². The average Bonchev–Trinajstić information content (AvgIpc) is 2.17. The molecule has 0 saturated carbocycles. The van der Waals surface area contributed by atoms with Crippen LogP contribution in [-0.4, -0.2) is 17.8 Å². The Morgan fingerprint density at radius 3 is 2.60 bits per heavy atom. The van der Waals surface area contributed by atoms with Crippen molar-refractivity contribution < 1.29 is 0 Å². The summed E-state index contributed by atoms with van der Waals surface area (Å²) in [6.45, 7) is 5.50. The third-order valence-corrected chi connectivity index (χ3v) is 2.71. The highest BCUT2D eigenvalue weighted by Crippen LogP contribution is 2.19. The minimum absolute atomic E-state index is 0.200. The molecule has 0 spiro atoms. The summed E-state index contributed by atoms with van der Waals surface area (Å²) in [6.07, 6.45) is 2.11. The van der Waals surface area contributed by atoms with Crippen LogP contribution < -0.4 is 5.32 Å². The molecule has 1 heterocycles. The molecule has 2 heteroatoms. The third-order valence-electron chi connectivity index (χ3n) is 2.71. The van der Waals surface area contributed by atoms with Crippen LogP contribution in [0.15, 0.2) is 35.3 Å². The SMILES string of the molecule is CC1(C)CC(=Nc2ccccc2)CCN1. The van der Waals surface area contributed by atoms with E-state index in [1.807, 2.05) is 18.2 Å². The summed E-state index contributed by atoms with van der Waals surface area (Å²) >= 11 is 0. The van der Waals surface area contributed by atoms with E-state index in [4.69, 9.17) is 4.99 Å². The van der Waals surface area contributed by atoms with E-state index in [0.717, 1.165) is 25.1 Å². The van der Waals surface area contributed by atoms with Gasteiger partial charge in [0.05, 0.1) is 5.69 Å². The van der Waals surface area contributed by atoms with Crippen molar-refractivity contribution in [3.63, 3.8) is 0 Å². The molecule has 1 fully saturated rings. The highest BCUT2D eigenvalue weighted by atomic mass is 15.0. The Labute approximate surface area is 91.4 Å². The first-order valence-corrected chi connectivity index (χ1v) is 5.52. The molecule has 80 valence electrons. The van der Waals surface area contributed by atoms with Crippen molar-refractivity contribution in [3.05, 3.63) is 30.3 Å². The summed E-state index contributed by atoms with van der Waals surface area (Å²) in [5.74, 6) is 0. The molecule has 0 aliphatic carbocycles. The van der Waals surface area contributed by atoms with Crippen LogP contribution in [-0.2, 0) is 0 Å². The molecular weight excluding hydrogens is 184 g/mol. The maximum absolute atomic E-state index is 4.69. The molecule has 0 bridgehead atoms. The standard InChI is InChI=1S/C13H18N2/c1-13(2)10-12(8-9-14-13)15-11-6-4-3-5-7-11/h3-7,14H,8-10H2,1-2H3. The van der Waals surface area contributed by atoms with E-state index in [9.17, 15) is 0 Å². The first-order valence-electron chi connectivity index (χ1n) is 5.52. The van der Waals surface area contributed by atoms with Gasteiger partial charge in [-0.1, -0.05) is 18.2 Å². The predicted octanol–water partition coefficient (Wildman–Crippen LogP) is 2.92. The Bertz CT molecular complexity index is 352. The normalized spacial score (nSPS) is 22.9. The van der Waals surface area contributed by atoms with Gasteiger partial charge in [0.2, 0.25) is 0 Å². The second-order valence-electron chi connectivity index (χ2n) is 4.75. The molecule has 2 rings (SSSR count). The van der Waals surface area contributed by atoms with E-state index in [2.05, 4.69) is 31.3 Å². The molecule has 0 aromatic heterocycles. The van der Waals surface area contributed by atoms with E-state index in [0.29, 0.717) is 0 Å². The molecule has 1 N–H and O–H groups in total. The number of hydrogen-bond donors (Lipinski definition) is 1. The first-order chi connectivity index (χ1) is 7.16. The third kappa shape index (κ3) is 2.90. The van der Waals surface area contributed by atoms with E-state index >= 15 is 0 Å². The Morgan fingerprint density at radius 1 is 1.20 bits per heavy atom. The van der Waals surface area contributed by atoms with Crippen LogP contribution in [0.1, 0.15) is 26.7 Å². The summed E-state index contributed by atoms with van der Waals surface area (Å²) in [6, 6.07) is 10.2. The van der Waals surface area contributed by atoms with Gasteiger partial charge >= 0.3 is 0 Å². The van der Waals surface area contributed by atoms with Crippen LogP contribution in [0.3, 0.4) is 0 Å². The number of para-hydroxylation sites is 1. The second-order valence-corrected chi connectivity index (χ2v) is 4.75. The number of nitrogens with one attached hydrogen (secondary N) is 1. The lowest BCUT2D eigenvalue weighted by atomic mass is 9.91. The molecule has 0 unspecified atom stereocenters. The number of benzene rings is 1. The van der Waals surface area contributed by atoms with Gasteiger partial charge in [0.25, 0.3) is 0 Å². The fourth-order valence-corrected chi connectivity index (χ4v) is 1.99. The lowest BCUT2D eigenvalue weighted by molar-refractivity contribution is 0.386. The van der Waals surface area contributed by atoms with Gasteiger partial charge in [-0.3, -0.25) is 4.99 Å². The smallest absolute Gasteiger partial charge is 0.0629 e. The number of aliphatic imine (C=N–C) groups is 1. The van der Waals surface area contributed by atoms with Gasteiger partial charge in [0.15, 0.2) is 0 Å². The van der Waals surface area contributed by atoms with Gasteiger partial charge in [-0.2, -0.15) is 0 Å². The number of hydrogen-bond acceptors (Lipinski definition) is 2. The van der Waals surface area contributed by atoms with Crippen molar-refractivity contribution in [3.8, 4) is 0 Å². The van der Waals surface area contributed by atoms with Gasteiger partial charge in [-0.05, 0) is 32.4 Å². The second kappa shape index (κ2) is 4.15. The summed E-state index contributed by atoms with van der Waals surface area (Å²) in [5, 5.41) is 3.49. The number of piperidine rings is 1. The zero-order chi connectivity index (χ0) is 10.7. The maximum Gasteiger partial charge on any atom is 0.0629 e. The van der Waals surface area contributed by atoms with Crippen molar-refractivity contribution in [2.24, 2.45) is 4.99 Å². The quantitative estimate of drug-likeness (QED) is 0.744. The van der Waals surface area contributed by atoms with Crippen LogP contribution in [0.5, 0.6) is 0 Å². The van der Waals surface area contributed by atoms with Crippen LogP contribution in [0.4, 0.5) is 5.69 Å². The van der Waals surface area contributed by atoms with E-state index in [1.165, 1.54) is 5.71 Å². The molecule has 0 atom stereocenters. The van der Waals surface area contributed by atoms with Crippen molar-refractivity contribution in [2.75, 3.05) is 6.54 Å². The molecule has 0 radical (unpaired) electrons. The van der Waals surface area contributed by atoms with E-state index in [-0.39, 0.29) is 5.54 Å². The van der Waals surface area contributed by atoms with E-state index < -0.39 is 0 Å². The fraction of sp³-hybridized carbons (Fsp3) is 0.462. The lowest BCUT2D eigenvalue weighted by Crippen LogP contribution is -2.46. The Balaban J connectivity index is 2.14. The molecule has 15 heavy (non-hydrogen) atoms. The highest BCUT2D eigenvalue weighted by Gasteiger charge is 2.23. The van der Waals surface area contributed by atoms with Crippen LogP contribution in [0.25, 0.3) is 0 Å². The van der Waals surface area contributed by atoms with Gasteiger partial charge in [-0.15, -0.1) is 0 Å². The molecule has 1 saturated heterocycles. The molecule has 2 nitrogen and oxygen atoms in total. The number of nitrogens with zero attached hydrogens (tertiary/aromatic N) is 1. The zero-order valence-electron chi connectivity index (χ0n) is 9.46. The minimum Gasteiger partial charge on any atom is -0.311 e. The molecule has 1 aromatic rings. The Hall–Kier alpha value is -1.15.